The Labute approximate surface area is 117 Å². The Morgan fingerprint density at radius 1 is 1.53 bits per heavy atom. The van der Waals surface area contributed by atoms with Crippen LogP contribution in [0.5, 0.6) is 0 Å². The predicted molar refractivity (Wildman–Crippen MR) is 79.9 cm³/mol. The van der Waals surface area contributed by atoms with E-state index in [1.807, 2.05) is 43.5 Å². The fourth-order valence-corrected chi connectivity index (χ4v) is 2.50. The van der Waals surface area contributed by atoms with Gasteiger partial charge in [-0.3, -0.25) is 4.79 Å². The van der Waals surface area contributed by atoms with E-state index in [4.69, 9.17) is 12.2 Å². The molecule has 1 heterocycles. The van der Waals surface area contributed by atoms with Crippen molar-refractivity contribution in [3.8, 4) is 0 Å². The van der Waals surface area contributed by atoms with Crippen molar-refractivity contribution >= 4 is 29.2 Å². The Balaban J connectivity index is 2.43. The molecular formula is C14H19N3OS. The molecular weight excluding hydrogens is 258 g/mol. The predicted octanol–water partition coefficient (Wildman–Crippen LogP) is 3.09. The normalized spacial score (nSPS) is 12.6. The molecule has 2 rings (SSSR count). The summed E-state index contributed by atoms with van der Waals surface area (Å²) in [6, 6.07) is 5.76. The summed E-state index contributed by atoms with van der Waals surface area (Å²) in [4.78, 5) is 15.2. The zero-order valence-corrected chi connectivity index (χ0v) is 12.3. The maximum Gasteiger partial charge on any atom is 0.242 e. The van der Waals surface area contributed by atoms with Gasteiger partial charge in [0.2, 0.25) is 5.91 Å². The highest BCUT2D eigenvalue weighted by molar-refractivity contribution is 7.71. The van der Waals surface area contributed by atoms with Gasteiger partial charge in [0.15, 0.2) is 4.77 Å². The van der Waals surface area contributed by atoms with Crippen molar-refractivity contribution in [2.45, 2.75) is 33.2 Å². The van der Waals surface area contributed by atoms with Gasteiger partial charge in [-0.15, -0.1) is 0 Å². The Hall–Kier alpha value is -1.62. The summed E-state index contributed by atoms with van der Waals surface area (Å²) in [5, 5.41) is 2.91. The molecule has 0 saturated heterocycles. The summed E-state index contributed by atoms with van der Waals surface area (Å²) in [6.07, 6.45) is 0.927. The maximum atomic E-state index is 12.1. The molecule has 5 heteroatoms. The van der Waals surface area contributed by atoms with Crippen LogP contribution in [0.25, 0.3) is 11.0 Å². The molecule has 0 aliphatic heterocycles. The number of H-pyrrole nitrogens is 1. The molecule has 0 aliphatic rings. The molecule has 2 N–H and O–H groups in total. The number of rotatable bonds is 4. The van der Waals surface area contributed by atoms with Crippen LogP contribution < -0.4 is 5.32 Å². The second kappa shape index (κ2) is 5.57. The van der Waals surface area contributed by atoms with E-state index in [1.165, 1.54) is 0 Å². The lowest BCUT2D eigenvalue weighted by Gasteiger charge is -2.14. The van der Waals surface area contributed by atoms with Crippen LogP contribution in [0.2, 0.25) is 0 Å². The first kappa shape index (κ1) is 13.8. The Kier molecular flexibility index (Phi) is 4.04. The van der Waals surface area contributed by atoms with Crippen molar-refractivity contribution < 1.29 is 4.79 Å². The van der Waals surface area contributed by atoms with Gasteiger partial charge in [-0.2, -0.15) is 0 Å². The molecule has 0 bridgehead atoms. The van der Waals surface area contributed by atoms with Gasteiger partial charge in [-0.25, -0.2) is 0 Å². The molecule has 19 heavy (non-hydrogen) atoms. The molecule has 4 nitrogen and oxygen atoms in total. The van der Waals surface area contributed by atoms with Gasteiger partial charge in [0, 0.05) is 6.54 Å². The van der Waals surface area contributed by atoms with Crippen LogP contribution in [0.3, 0.4) is 0 Å². The highest BCUT2D eigenvalue weighted by Crippen LogP contribution is 2.20. The third-order valence-corrected chi connectivity index (χ3v) is 3.49. The Morgan fingerprint density at radius 3 is 2.95 bits per heavy atom. The van der Waals surface area contributed by atoms with Crippen LogP contribution in [0.15, 0.2) is 18.2 Å². The van der Waals surface area contributed by atoms with E-state index in [1.54, 1.807) is 0 Å². The van der Waals surface area contributed by atoms with Gasteiger partial charge in [-0.05, 0) is 50.2 Å². The summed E-state index contributed by atoms with van der Waals surface area (Å²) in [7, 11) is 0. The standard InChI is InChI=1S/C14H19N3OS/c1-4-7-15-13(18)10(3)17-12-8-9(2)5-6-11(12)16-14(17)19/h5-6,8,10H,4,7H2,1-3H3,(H,15,18)(H,16,19). The van der Waals surface area contributed by atoms with E-state index in [2.05, 4.69) is 10.3 Å². The third kappa shape index (κ3) is 2.71. The van der Waals surface area contributed by atoms with Crippen molar-refractivity contribution in [2.75, 3.05) is 6.54 Å². The Morgan fingerprint density at radius 2 is 2.26 bits per heavy atom. The number of aromatic amines is 1. The van der Waals surface area contributed by atoms with Crippen molar-refractivity contribution in [3.05, 3.63) is 28.5 Å². The number of fused-ring (bicyclic) bond motifs is 1. The highest BCUT2D eigenvalue weighted by Gasteiger charge is 2.17. The summed E-state index contributed by atoms with van der Waals surface area (Å²) in [6.45, 7) is 6.63. The van der Waals surface area contributed by atoms with Gasteiger partial charge in [0.05, 0.1) is 11.0 Å². The number of hydrogen-bond acceptors (Lipinski definition) is 2. The summed E-state index contributed by atoms with van der Waals surface area (Å²) < 4.78 is 2.46. The molecule has 2 aromatic rings. The lowest BCUT2D eigenvalue weighted by Crippen LogP contribution is -2.31. The number of benzene rings is 1. The zero-order chi connectivity index (χ0) is 14.0. The van der Waals surface area contributed by atoms with E-state index in [0.717, 1.165) is 23.0 Å². The number of nitrogens with one attached hydrogen (secondary N) is 2. The largest absolute Gasteiger partial charge is 0.354 e. The molecule has 1 aromatic heterocycles. The van der Waals surface area contributed by atoms with Crippen LogP contribution >= 0.6 is 12.2 Å². The number of carbonyl (C=O) groups is 1. The fraction of sp³-hybridized carbons (Fsp3) is 0.429. The van der Waals surface area contributed by atoms with Crippen LogP contribution in [0.4, 0.5) is 0 Å². The molecule has 1 atom stereocenters. The quantitative estimate of drug-likeness (QED) is 0.844. The topological polar surface area (TPSA) is 49.8 Å². The highest BCUT2D eigenvalue weighted by atomic mass is 32.1. The van der Waals surface area contributed by atoms with Gasteiger partial charge >= 0.3 is 0 Å². The minimum atomic E-state index is -0.311. The second-order valence-electron chi connectivity index (χ2n) is 4.79. The fourth-order valence-electron chi connectivity index (χ4n) is 2.13. The number of nitrogens with zero attached hydrogens (tertiary/aromatic N) is 1. The lowest BCUT2D eigenvalue weighted by atomic mass is 10.2. The van der Waals surface area contributed by atoms with Crippen LogP contribution in [-0.4, -0.2) is 22.0 Å². The lowest BCUT2D eigenvalue weighted by molar-refractivity contribution is -0.123. The molecule has 1 amide bonds. The molecule has 0 fully saturated rings. The second-order valence-corrected chi connectivity index (χ2v) is 5.17. The molecule has 1 unspecified atom stereocenters. The SMILES string of the molecule is CCCNC(=O)C(C)n1c(=S)[nH]c2ccc(C)cc21. The summed E-state index contributed by atoms with van der Waals surface area (Å²) in [5.41, 5.74) is 3.09. The number of carbonyl (C=O) groups excluding carboxylic acids is 1. The number of imidazole rings is 1. The first-order chi connectivity index (χ1) is 9.04. The van der Waals surface area contributed by atoms with E-state index in [9.17, 15) is 4.79 Å². The van der Waals surface area contributed by atoms with Gasteiger partial charge in [0.1, 0.15) is 6.04 Å². The zero-order valence-electron chi connectivity index (χ0n) is 11.5. The minimum Gasteiger partial charge on any atom is -0.354 e. The summed E-state index contributed by atoms with van der Waals surface area (Å²) >= 11 is 5.33. The van der Waals surface area contributed by atoms with Crippen LogP contribution in [0.1, 0.15) is 31.9 Å². The molecule has 1 aromatic carbocycles. The number of aromatic nitrogens is 2. The van der Waals surface area contributed by atoms with Gasteiger partial charge < -0.3 is 14.9 Å². The Bertz CT molecular complexity index is 656. The van der Waals surface area contributed by atoms with Crippen molar-refractivity contribution in [1.82, 2.24) is 14.9 Å². The molecule has 0 saturated carbocycles. The average Bonchev–Trinajstić information content (AvgIpc) is 2.70. The third-order valence-electron chi connectivity index (χ3n) is 3.19. The van der Waals surface area contributed by atoms with Crippen LogP contribution in [0, 0.1) is 11.7 Å². The monoisotopic (exact) mass is 277 g/mol. The van der Waals surface area contributed by atoms with E-state index in [-0.39, 0.29) is 11.9 Å². The van der Waals surface area contributed by atoms with Crippen molar-refractivity contribution in [3.63, 3.8) is 0 Å². The first-order valence-corrected chi connectivity index (χ1v) is 6.94. The van der Waals surface area contributed by atoms with Crippen LogP contribution in [-0.2, 0) is 4.79 Å². The molecule has 0 radical (unpaired) electrons. The number of aryl methyl sites for hydroxylation is 1. The molecule has 0 aliphatic carbocycles. The average molecular weight is 277 g/mol. The smallest absolute Gasteiger partial charge is 0.242 e. The van der Waals surface area contributed by atoms with Gasteiger partial charge in [0.25, 0.3) is 0 Å². The van der Waals surface area contributed by atoms with E-state index >= 15 is 0 Å². The van der Waals surface area contributed by atoms with E-state index < -0.39 is 0 Å². The van der Waals surface area contributed by atoms with Crippen molar-refractivity contribution in [2.24, 2.45) is 0 Å². The molecule has 0 spiro atoms. The number of amides is 1. The minimum absolute atomic E-state index is 0.000330. The van der Waals surface area contributed by atoms with Crippen molar-refractivity contribution in [1.29, 1.82) is 0 Å². The van der Waals surface area contributed by atoms with Gasteiger partial charge in [-0.1, -0.05) is 13.0 Å². The van der Waals surface area contributed by atoms with E-state index in [0.29, 0.717) is 11.3 Å². The number of hydrogen-bond donors (Lipinski definition) is 2. The maximum absolute atomic E-state index is 12.1. The molecule has 102 valence electrons. The summed E-state index contributed by atoms with van der Waals surface area (Å²) in [5.74, 6) is 0.000330. The first-order valence-electron chi connectivity index (χ1n) is 6.53.